The number of nitrogens with zero attached hydrogens (tertiary/aromatic N) is 3. The van der Waals surface area contributed by atoms with E-state index in [1.54, 1.807) is 30.3 Å². The van der Waals surface area contributed by atoms with Crippen LogP contribution in [0.5, 0.6) is 11.5 Å². The predicted octanol–water partition coefficient (Wildman–Crippen LogP) is 4.32. The molecule has 0 fully saturated rings. The van der Waals surface area contributed by atoms with E-state index in [1.165, 1.54) is 30.3 Å². The summed E-state index contributed by atoms with van der Waals surface area (Å²) in [5.41, 5.74) is 6.28. The zero-order valence-electron chi connectivity index (χ0n) is 17.7. The van der Waals surface area contributed by atoms with Gasteiger partial charge in [0.25, 0.3) is 0 Å². The first-order valence-corrected chi connectivity index (χ1v) is 11.4. The lowest BCUT2D eigenvalue weighted by molar-refractivity contribution is -0.141. The second-order valence-electron chi connectivity index (χ2n) is 7.20. The van der Waals surface area contributed by atoms with Gasteiger partial charge in [-0.15, -0.1) is 0 Å². The lowest BCUT2D eigenvalue weighted by Crippen LogP contribution is -2.11. The molecule has 4 rings (SSSR count). The van der Waals surface area contributed by atoms with Crippen molar-refractivity contribution >= 4 is 27.5 Å². The normalized spacial score (nSPS) is 11.8. The van der Waals surface area contributed by atoms with Gasteiger partial charge in [0.1, 0.15) is 23.0 Å². The number of rotatable bonds is 6. The Morgan fingerprint density at radius 2 is 1.63 bits per heavy atom. The summed E-state index contributed by atoms with van der Waals surface area (Å²) in [5.74, 6) is 0.531. The number of aromatic nitrogens is 3. The molecule has 2 aromatic carbocycles. The maximum Gasteiger partial charge on any atom is 0.433 e. The third-order valence-electron chi connectivity index (χ3n) is 4.59. The third-order valence-corrected chi connectivity index (χ3v) is 5.52. The number of anilines is 3. The second-order valence-corrected chi connectivity index (χ2v) is 8.76. The molecule has 0 radical (unpaired) electrons. The highest BCUT2D eigenvalue weighted by molar-refractivity contribution is 7.89. The van der Waals surface area contributed by atoms with Crippen molar-refractivity contribution in [3.63, 3.8) is 0 Å². The number of nitrogens with one attached hydrogen (secondary N) is 1. The van der Waals surface area contributed by atoms with Gasteiger partial charge < -0.3 is 15.8 Å². The molecule has 0 unspecified atom stereocenters. The highest BCUT2D eigenvalue weighted by Gasteiger charge is 2.32. The summed E-state index contributed by atoms with van der Waals surface area (Å²) in [6, 6.07) is 15.9. The lowest BCUT2D eigenvalue weighted by Gasteiger charge is -2.12. The zero-order chi connectivity index (χ0) is 25.2. The molecule has 0 aliphatic carbocycles. The van der Waals surface area contributed by atoms with Gasteiger partial charge in [-0.05, 0) is 30.3 Å². The summed E-state index contributed by atoms with van der Waals surface area (Å²) < 4.78 is 67.1. The number of ether oxygens (including phenoxy) is 1. The van der Waals surface area contributed by atoms with Crippen LogP contribution < -0.4 is 20.9 Å². The van der Waals surface area contributed by atoms with E-state index in [2.05, 4.69) is 20.3 Å². The van der Waals surface area contributed by atoms with Gasteiger partial charge >= 0.3 is 6.18 Å². The van der Waals surface area contributed by atoms with Crippen LogP contribution in [0.2, 0.25) is 0 Å². The van der Waals surface area contributed by atoms with Gasteiger partial charge in [0, 0.05) is 35.6 Å². The summed E-state index contributed by atoms with van der Waals surface area (Å²) in [6.45, 7) is 0. The van der Waals surface area contributed by atoms with E-state index >= 15 is 0 Å². The molecule has 0 saturated carbocycles. The average Bonchev–Trinajstić information content (AvgIpc) is 2.78. The van der Waals surface area contributed by atoms with Crippen LogP contribution in [-0.2, 0) is 16.2 Å². The van der Waals surface area contributed by atoms with Crippen LogP contribution >= 0.6 is 0 Å². The van der Waals surface area contributed by atoms with Crippen molar-refractivity contribution < 1.29 is 26.3 Å². The van der Waals surface area contributed by atoms with Gasteiger partial charge in [0.2, 0.25) is 16.0 Å². The van der Waals surface area contributed by atoms with E-state index in [1.807, 2.05) is 0 Å². The topological polar surface area (TPSA) is 146 Å². The van der Waals surface area contributed by atoms with E-state index in [0.717, 1.165) is 12.3 Å². The zero-order valence-corrected chi connectivity index (χ0v) is 18.5. The van der Waals surface area contributed by atoms with E-state index in [4.69, 9.17) is 15.6 Å². The fourth-order valence-electron chi connectivity index (χ4n) is 3.04. The molecule has 2 heterocycles. The largest absolute Gasteiger partial charge is 0.457 e. The monoisotopic (exact) mass is 502 g/mol. The van der Waals surface area contributed by atoms with E-state index in [0.29, 0.717) is 22.8 Å². The Morgan fingerprint density at radius 1 is 0.914 bits per heavy atom. The van der Waals surface area contributed by atoms with E-state index in [9.17, 15) is 21.6 Å². The van der Waals surface area contributed by atoms with Crippen molar-refractivity contribution in [2.45, 2.75) is 11.1 Å². The highest BCUT2D eigenvalue weighted by Crippen LogP contribution is 2.32. The fourth-order valence-corrected chi connectivity index (χ4v) is 3.56. The predicted molar refractivity (Wildman–Crippen MR) is 122 cm³/mol. The minimum absolute atomic E-state index is 0.0269. The maximum absolute atomic E-state index is 12.9. The Bertz CT molecular complexity index is 1480. The summed E-state index contributed by atoms with van der Waals surface area (Å²) >= 11 is 0. The van der Waals surface area contributed by atoms with Crippen molar-refractivity contribution in [1.82, 2.24) is 15.0 Å². The van der Waals surface area contributed by atoms with Crippen molar-refractivity contribution in [2.24, 2.45) is 5.14 Å². The van der Waals surface area contributed by atoms with Gasteiger partial charge in [-0.2, -0.15) is 18.2 Å². The summed E-state index contributed by atoms with van der Waals surface area (Å²) in [5, 5.41) is 8.15. The van der Waals surface area contributed by atoms with Crippen molar-refractivity contribution in [3.8, 4) is 22.8 Å². The molecule has 5 N–H and O–H groups in total. The first-order valence-electron chi connectivity index (χ1n) is 9.83. The standard InChI is InChI=1S/C22H17F3N6O3S/c23-22(24,25)19-11-16(8-9-28-19)34-15-3-1-2-14(10-15)29-20-12-18(30-21(26)31-20)13-4-6-17(7-5-13)35(27,32)33/h1-12H,(H2,27,32,33)(H3,26,29,30,31). The molecule has 180 valence electrons. The Labute approximate surface area is 197 Å². The summed E-state index contributed by atoms with van der Waals surface area (Å²) in [7, 11) is -3.84. The first kappa shape index (κ1) is 23.9. The molecule has 0 amide bonds. The Kier molecular flexibility index (Phi) is 6.28. The van der Waals surface area contributed by atoms with Crippen LogP contribution in [0.4, 0.5) is 30.6 Å². The molecular formula is C22H17F3N6O3S. The number of nitrogens with two attached hydrogens (primary N) is 2. The molecule has 2 aromatic heterocycles. The quantitative estimate of drug-likeness (QED) is 0.353. The molecule has 0 aliphatic rings. The number of hydrogen-bond donors (Lipinski definition) is 3. The van der Waals surface area contributed by atoms with E-state index < -0.39 is 21.9 Å². The number of primary sulfonamides is 1. The Hall–Kier alpha value is -4.23. The van der Waals surface area contributed by atoms with Crippen LogP contribution in [0.1, 0.15) is 5.69 Å². The fraction of sp³-hybridized carbons (Fsp3) is 0.0455. The van der Waals surface area contributed by atoms with Gasteiger partial charge in [-0.3, -0.25) is 4.98 Å². The van der Waals surface area contributed by atoms with Crippen LogP contribution in [-0.4, -0.2) is 23.4 Å². The van der Waals surface area contributed by atoms with Crippen LogP contribution in [0.15, 0.2) is 77.8 Å². The second kappa shape index (κ2) is 9.19. The number of sulfonamides is 1. The molecule has 4 aromatic rings. The molecule has 0 spiro atoms. The number of pyridine rings is 1. The molecule has 9 nitrogen and oxygen atoms in total. The average molecular weight is 502 g/mol. The minimum Gasteiger partial charge on any atom is -0.457 e. The van der Waals surface area contributed by atoms with Crippen LogP contribution in [0, 0.1) is 0 Å². The van der Waals surface area contributed by atoms with Gasteiger partial charge in [0.05, 0.1) is 10.6 Å². The third kappa shape index (κ3) is 6.02. The molecule has 35 heavy (non-hydrogen) atoms. The molecule has 0 bridgehead atoms. The van der Waals surface area contributed by atoms with Gasteiger partial charge in [-0.25, -0.2) is 18.5 Å². The molecule has 13 heteroatoms. The van der Waals surface area contributed by atoms with Crippen LogP contribution in [0.3, 0.4) is 0 Å². The Balaban J connectivity index is 1.55. The number of halogens is 3. The molecule has 0 aliphatic heterocycles. The van der Waals surface area contributed by atoms with Crippen LogP contribution in [0.25, 0.3) is 11.3 Å². The summed E-state index contributed by atoms with van der Waals surface area (Å²) in [4.78, 5) is 11.5. The Morgan fingerprint density at radius 3 is 2.31 bits per heavy atom. The number of alkyl halides is 3. The van der Waals surface area contributed by atoms with Crippen molar-refractivity contribution in [1.29, 1.82) is 0 Å². The molecular weight excluding hydrogens is 485 g/mol. The number of hydrogen-bond acceptors (Lipinski definition) is 8. The summed E-state index contributed by atoms with van der Waals surface area (Å²) in [6.07, 6.45) is -3.58. The maximum atomic E-state index is 12.9. The first-order chi connectivity index (χ1) is 16.5. The minimum atomic E-state index is -4.59. The number of nitrogen functional groups attached to an aromatic ring is 1. The number of benzene rings is 2. The lowest BCUT2D eigenvalue weighted by atomic mass is 10.1. The van der Waals surface area contributed by atoms with Gasteiger partial charge in [0.15, 0.2) is 0 Å². The smallest absolute Gasteiger partial charge is 0.433 e. The van der Waals surface area contributed by atoms with E-state index in [-0.39, 0.29) is 22.3 Å². The van der Waals surface area contributed by atoms with Crippen molar-refractivity contribution in [2.75, 3.05) is 11.1 Å². The molecule has 0 saturated heterocycles. The highest BCUT2D eigenvalue weighted by atomic mass is 32.2. The molecule has 0 atom stereocenters. The SMILES string of the molecule is Nc1nc(Nc2cccc(Oc3ccnc(C(F)(F)F)c3)c2)cc(-c2ccc(S(N)(=O)=O)cc2)n1. The van der Waals surface area contributed by atoms with Gasteiger partial charge in [-0.1, -0.05) is 18.2 Å². The van der Waals surface area contributed by atoms with Crippen molar-refractivity contribution in [3.05, 3.63) is 78.6 Å².